The topological polar surface area (TPSA) is 0 Å². The Morgan fingerprint density at radius 2 is 1.21 bits per heavy atom. The fourth-order valence-electron chi connectivity index (χ4n) is 6.09. The zero-order chi connectivity index (χ0) is 23.0. The van der Waals surface area contributed by atoms with E-state index in [9.17, 15) is 0 Å². The summed E-state index contributed by atoms with van der Waals surface area (Å²) in [5.74, 6) is 0. The molecule has 1 saturated carbocycles. The predicted molar refractivity (Wildman–Crippen MR) is 137 cm³/mol. The van der Waals surface area contributed by atoms with Gasteiger partial charge in [-0.15, -0.1) is 0 Å². The summed E-state index contributed by atoms with van der Waals surface area (Å²) in [6.07, 6.45) is 11.2. The van der Waals surface area contributed by atoms with Crippen molar-refractivity contribution in [3.05, 3.63) is 79.2 Å². The Bertz CT molecular complexity index is 1150. The van der Waals surface area contributed by atoms with Crippen molar-refractivity contribution in [2.24, 2.45) is 0 Å². The quantitative estimate of drug-likeness (QED) is 0.519. The van der Waals surface area contributed by atoms with Gasteiger partial charge in [0.25, 0.3) is 0 Å². The van der Waals surface area contributed by atoms with Crippen LogP contribution in [0, 0.1) is 13.8 Å². The molecule has 2 aromatic carbocycles. The second-order valence-corrected chi connectivity index (χ2v) is 19.1. The first-order chi connectivity index (χ1) is 15.0. The number of fused-ring (bicyclic) bond motifs is 3. The summed E-state index contributed by atoms with van der Waals surface area (Å²) < 4.78 is 4.44. The van der Waals surface area contributed by atoms with Gasteiger partial charge in [0.15, 0.2) is 0 Å². The largest absolute Gasteiger partial charge is 1.00 e. The number of halogens is 2. The normalized spacial score (nSPS) is 16.2. The number of hydrogen-bond donors (Lipinski definition) is 0. The maximum atomic E-state index is 2.60. The second-order valence-electron chi connectivity index (χ2n) is 12.3. The van der Waals surface area contributed by atoms with E-state index < -0.39 is 21.3 Å². The second kappa shape index (κ2) is 9.61. The van der Waals surface area contributed by atoms with E-state index in [1.54, 1.807) is 11.1 Å². The Morgan fingerprint density at radius 3 is 1.56 bits per heavy atom. The molecule has 3 aliphatic carbocycles. The molecule has 1 fully saturated rings. The molecule has 0 spiro atoms. The van der Waals surface area contributed by atoms with Gasteiger partial charge in [0.05, 0.1) is 0 Å². The molecule has 0 nitrogen and oxygen atoms in total. The molecule has 0 aliphatic heterocycles. The van der Waals surface area contributed by atoms with E-state index in [1.165, 1.54) is 52.6 Å². The van der Waals surface area contributed by atoms with E-state index in [4.69, 9.17) is 0 Å². The van der Waals surface area contributed by atoms with Gasteiger partial charge in [-0.25, -0.2) is 0 Å². The number of rotatable bonds is 2. The molecule has 34 heavy (non-hydrogen) atoms. The van der Waals surface area contributed by atoms with Gasteiger partial charge in [-0.1, -0.05) is 0 Å². The van der Waals surface area contributed by atoms with E-state index in [0.717, 1.165) is 0 Å². The Kier molecular flexibility index (Phi) is 7.87. The Balaban J connectivity index is 0.00000162. The van der Waals surface area contributed by atoms with E-state index in [0.29, 0.717) is 3.63 Å². The third-order valence-corrected chi connectivity index (χ3v) is 16.3. The Morgan fingerprint density at radius 1 is 0.735 bits per heavy atom. The van der Waals surface area contributed by atoms with Crippen molar-refractivity contribution in [1.29, 1.82) is 0 Å². The molecule has 0 N–H and O–H groups in total. The first-order valence-electron chi connectivity index (χ1n) is 12.3. The Hall–Kier alpha value is -0.747. The first kappa shape index (κ1) is 27.8. The van der Waals surface area contributed by atoms with Crippen LogP contribution in [-0.4, -0.2) is 3.21 Å². The molecule has 0 saturated heterocycles. The van der Waals surface area contributed by atoms with Crippen LogP contribution in [0.2, 0.25) is 0 Å². The third-order valence-electron chi connectivity index (χ3n) is 7.61. The molecule has 2 aromatic rings. The molecular weight excluding hydrogens is 534 g/mol. The molecule has 0 aromatic heterocycles. The van der Waals surface area contributed by atoms with Crippen LogP contribution in [0.4, 0.5) is 0 Å². The summed E-state index contributed by atoms with van der Waals surface area (Å²) in [7, 11) is 0. The Labute approximate surface area is 227 Å². The summed E-state index contributed by atoms with van der Waals surface area (Å²) >= 11 is -1.96. The molecule has 0 heterocycles. The average Bonchev–Trinajstić information content (AvgIpc) is 3.27. The molecule has 0 unspecified atom stereocenters. The molecule has 3 aliphatic rings. The van der Waals surface area contributed by atoms with Crippen LogP contribution in [0.3, 0.4) is 0 Å². The molecular formula is C31H38Cl2Zr. The molecule has 0 atom stereocenters. The first-order valence-corrected chi connectivity index (χ1v) is 16.2. The van der Waals surface area contributed by atoms with Gasteiger partial charge in [0.2, 0.25) is 0 Å². The van der Waals surface area contributed by atoms with Gasteiger partial charge in [-0.2, -0.15) is 0 Å². The number of aryl methyl sites for hydroxylation is 2. The van der Waals surface area contributed by atoms with Crippen LogP contribution in [0.5, 0.6) is 0 Å². The van der Waals surface area contributed by atoms with Crippen LogP contribution in [-0.2, 0) is 32.1 Å². The summed E-state index contributed by atoms with van der Waals surface area (Å²) in [6, 6.07) is 10.3. The van der Waals surface area contributed by atoms with Crippen LogP contribution in [0.15, 0.2) is 45.8 Å². The van der Waals surface area contributed by atoms with Crippen molar-refractivity contribution < 1.29 is 46.1 Å². The number of benzene rings is 2. The monoisotopic (exact) mass is 570 g/mol. The third kappa shape index (κ3) is 4.79. The smallest absolute Gasteiger partial charge is 1.00 e. The van der Waals surface area contributed by atoms with Crippen LogP contribution in [0.25, 0.3) is 11.1 Å². The van der Waals surface area contributed by atoms with Gasteiger partial charge < -0.3 is 24.8 Å². The summed E-state index contributed by atoms with van der Waals surface area (Å²) in [6.45, 7) is 18.9. The zero-order valence-corrected chi connectivity index (χ0v) is 26.0. The van der Waals surface area contributed by atoms with Crippen molar-refractivity contribution >= 4 is 3.21 Å². The maximum Gasteiger partial charge on any atom is -1.00 e. The van der Waals surface area contributed by atoms with Gasteiger partial charge in [0.1, 0.15) is 0 Å². The van der Waals surface area contributed by atoms with Crippen molar-refractivity contribution in [1.82, 2.24) is 0 Å². The zero-order valence-electron chi connectivity index (χ0n) is 22.0. The SMILES string of the molecule is Cc1cc2c(cc1C(C)(C)C)-c1cc(C(C)(C)C)c(C)cc1[CH]2[Zr+2]([C]1=CC=CC1)=[C]1CC1.[Cl-].[Cl-]. The molecule has 3 heteroatoms. The average molecular weight is 573 g/mol. The molecule has 0 amide bonds. The fourth-order valence-corrected chi connectivity index (χ4v) is 15.0. The summed E-state index contributed by atoms with van der Waals surface area (Å²) in [5, 5.41) is 0. The minimum Gasteiger partial charge on any atom is -1.00 e. The van der Waals surface area contributed by atoms with Crippen LogP contribution in [0.1, 0.15) is 97.8 Å². The number of hydrogen-bond acceptors (Lipinski definition) is 0. The van der Waals surface area contributed by atoms with Crippen LogP contribution < -0.4 is 24.8 Å². The molecule has 180 valence electrons. The van der Waals surface area contributed by atoms with E-state index in [-0.39, 0.29) is 35.6 Å². The number of allylic oxidation sites excluding steroid dienone is 4. The van der Waals surface area contributed by atoms with Gasteiger partial charge >= 0.3 is 204 Å². The van der Waals surface area contributed by atoms with Gasteiger partial charge in [-0.05, 0) is 0 Å². The van der Waals surface area contributed by atoms with Gasteiger partial charge in [-0.3, -0.25) is 0 Å². The standard InChI is InChI=1S/C23H29.C5H5.C3H4.2ClH.Zr/c1-14-9-16-11-17-10-15(2)21(23(6,7)8)13-19(17)18(16)12-20(14)22(3,4)5;1-2-4-5-3-1;1-2-3-1;;;/h9-13H,1-8H3;1-3H,4H2;1-2H2;2*1H;/q;;;;;+2/p-2. The molecule has 0 radical (unpaired) electrons. The van der Waals surface area contributed by atoms with E-state index >= 15 is 0 Å². The van der Waals surface area contributed by atoms with Crippen molar-refractivity contribution in [3.8, 4) is 11.1 Å². The fraction of sp³-hybridized carbons (Fsp3) is 0.452. The minimum absolute atomic E-state index is 0. The van der Waals surface area contributed by atoms with Crippen LogP contribution >= 0.6 is 0 Å². The molecule has 5 rings (SSSR count). The van der Waals surface area contributed by atoms with Crippen molar-refractivity contribution in [3.63, 3.8) is 0 Å². The predicted octanol–water partition coefficient (Wildman–Crippen LogP) is 2.40. The van der Waals surface area contributed by atoms with E-state index in [1.807, 2.05) is 6.49 Å². The summed E-state index contributed by atoms with van der Waals surface area (Å²) in [4.78, 5) is 0. The minimum atomic E-state index is -1.96. The van der Waals surface area contributed by atoms with Crippen molar-refractivity contribution in [2.75, 3.05) is 0 Å². The van der Waals surface area contributed by atoms with Crippen molar-refractivity contribution in [2.45, 2.75) is 89.1 Å². The van der Waals surface area contributed by atoms with E-state index in [2.05, 4.69) is 97.9 Å². The summed E-state index contributed by atoms with van der Waals surface area (Å²) in [5.41, 5.74) is 12.7. The maximum absolute atomic E-state index is 2.60. The van der Waals surface area contributed by atoms with Gasteiger partial charge in [0, 0.05) is 0 Å². The molecule has 0 bridgehead atoms.